The van der Waals surface area contributed by atoms with Crippen LogP contribution in [0.1, 0.15) is 35.0 Å². The SMILES string of the molecule is CCCN(C(=O)c1cnn(C)c1C)c1ccc(CN)cc1. The van der Waals surface area contributed by atoms with Crippen LogP contribution in [0.2, 0.25) is 0 Å². The van der Waals surface area contributed by atoms with Crippen molar-refractivity contribution in [2.45, 2.75) is 26.8 Å². The zero-order valence-electron chi connectivity index (χ0n) is 12.8. The number of nitrogens with two attached hydrogens (primary N) is 1. The molecule has 2 aromatic rings. The van der Waals surface area contributed by atoms with Crippen LogP contribution in [0.5, 0.6) is 0 Å². The lowest BCUT2D eigenvalue weighted by Gasteiger charge is -2.22. The van der Waals surface area contributed by atoms with Gasteiger partial charge in [0, 0.05) is 31.5 Å². The summed E-state index contributed by atoms with van der Waals surface area (Å²) in [5, 5.41) is 4.15. The molecule has 0 aliphatic carbocycles. The molecule has 2 rings (SSSR count). The summed E-state index contributed by atoms with van der Waals surface area (Å²) in [5.74, 6) is -0.0112. The van der Waals surface area contributed by atoms with Crippen molar-refractivity contribution < 1.29 is 4.79 Å². The molecule has 1 aromatic carbocycles. The van der Waals surface area contributed by atoms with Crippen LogP contribution >= 0.6 is 0 Å². The zero-order chi connectivity index (χ0) is 15.4. The molecule has 0 saturated carbocycles. The van der Waals surface area contributed by atoms with Crippen molar-refractivity contribution in [3.05, 3.63) is 47.3 Å². The molecule has 21 heavy (non-hydrogen) atoms. The van der Waals surface area contributed by atoms with Crippen molar-refractivity contribution in [3.8, 4) is 0 Å². The van der Waals surface area contributed by atoms with E-state index in [2.05, 4.69) is 12.0 Å². The quantitative estimate of drug-likeness (QED) is 0.917. The number of carbonyl (C=O) groups is 1. The molecule has 0 bridgehead atoms. The molecule has 1 amide bonds. The minimum absolute atomic E-state index is 0.0112. The van der Waals surface area contributed by atoms with Crippen molar-refractivity contribution in [1.82, 2.24) is 9.78 Å². The number of anilines is 1. The lowest BCUT2D eigenvalue weighted by molar-refractivity contribution is 0.0986. The summed E-state index contributed by atoms with van der Waals surface area (Å²) in [6, 6.07) is 7.81. The van der Waals surface area contributed by atoms with Crippen molar-refractivity contribution in [1.29, 1.82) is 0 Å². The van der Waals surface area contributed by atoms with Gasteiger partial charge in [-0.3, -0.25) is 9.48 Å². The van der Waals surface area contributed by atoms with Gasteiger partial charge in [0.25, 0.3) is 5.91 Å². The summed E-state index contributed by atoms with van der Waals surface area (Å²) in [6.45, 7) is 5.14. The highest BCUT2D eigenvalue weighted by molar-refractivity contribution is 6.06. The Bertz CT molecular complexity index is 616. The first-order chi connectivity index (χ1) is 10.1. The van der Waals surface area contributed by atoms with Crippen LogP contribution in [0, 0.1) is 6.92 Å². The molecule has 112 valence electrons. The van der Waals surface area contributed by atoms with Crippen molar-refractivity contribution >= 4 is 11.6 Å². The average Bonchev–Trinajstić information content (AvgIpc) is 2.84. The van der Waals surface area contributed by atoms with Crippen LogP contribution in [0.15, 0.2) is 30.5 Å². The van der Waals surface area contributed by atoms with Gasteiger partial charge in [-0.1, -0.05) is 19.1 Å². The first kappa shape index (κ1) is 15.3. The molecule has 1 aromatic heterocycles. The van der Waals surface area contributed by atoms with E-state index in [1.165, 1.54) is 0 Å². The normalized spacial score (nSPS) is 10.7. The van der Waals surface area contributed by atoms with Crippen molar-refractivity contribution in [2.24, 2.45) is 12.8 Å². The highest BCUT2D eigenvalue weighted by atomic mass is 16.2. The Kier molecular flexibility index (Phi) is 4.75. The van der Waals surface area contributed by atoms with E-state index < -0.39 is 0 Å². The topological polar surface area (TPSA) is 64.2 Å². The number of nitrogens with zero attached hydrogens (tertiary/aromatic N) is 3. The molecule has 1 heterocycles. The Morgan fingerprint density at radius 3 is 2.48 bits per heavy atom. The van der Waals surface area contributed by atoms with Crippen LogP contribution in [0.25, 0.3) is 0 Å². The monoisotopic (exact) mass is 286 g/mol. The summed E-state index contributed by atoms with van der Waals surface area (Å²) in [4.78, 5) is 14.6. The van der Waals surface area contributed by atoms with Gasteiger partial charge in [0.2, 0.25) is 0 Å². The predicted molar refractivity (Wildman–Crippen MR) is 84.2 cm³/mol. The van der Waals surface area contributed by atoms with Gasteiger partial charge >= 0.3 is 0 Å². The van der Waals surface area contributed by atoms with Gasteiger partial charge in [-0.05, 0) is 31.0 Å². The third-order valence-corrected chi connectivity index (χ3v) is 3.64. The van der Waals surface area contributed by atoms with E-state index in [0.29, 0.717) is 18.7 Å². The molecular formula is C16H22N4O. The number of hydrogen-bond acceptors (Lipinski definition) is 3. The van der Waals surface area contributed by atoms with E-state index in [1.807, 2.05) is 38.2 Å². The van der Waals surface area contributed by atoms with Crippen molar-refractivity contribution in [2.75, 3.05) is 11.4 Å². The maximum atomic E-state index is 12.8. The second-order valence-corrected chi connectivity index (χ2v) is 5.09. The lowest BCUT2D eigenvalue weighted by atomic mass is 10.1. The first-order valence-electron chi connectivity index (χ1n) is 7.18. The Labute approximate surface area is 125 Å². The molecule has 0 unspecified atom stereocenters. The number of aryl methyl sites for hydroxylation is 1. The maximum Gasteiger partial charge on any atom is 0.261 e. The fourth-order valence-electron chi connectivity index (χ4n) is 2.24. The lowest BCUT2D eigenvalue weighted by Crippen LogP contribution is -2.32. The Hall–Kier alpha value is -2.14. The molecule has 0 spiro atoms. The van der Waals surface area contributed by atoms with Crippen LogP contribution in [0.3, 0.4) is 0 Å². The highest BCUT2D eigenvalue weighted by Crippen LogP contribution is 2.20. The Morgan fingerprint density at radius 2 is 2.00 bits per heavy atom. The molecule has 0 aliphatic rings. The molecule has 0 saturated heterocycles. The molecule has 0 fully saturated rings. The standard InChI is InChI=1S/C16H22N4O/c1-4-9-20(14-7-5-13(10-17)6-8-14)16(21)15-11-18-19(3)12(15)2/h5-8,11H,4,9-10,17H2,1-3H3. The number of carbonyl (C=O) groups excluding carboxylic acids is 1. The predicted octanol–water partition coefficient (Wildman–Crippen LogP) is 2.24. The fourth-order valence-corrected chi connectivity index (χ4v) is 2.24. The van der Waals surface area contributed by atoms with E-state index in [-0.39, 0.29) is 5.91 Å². The number of benzene rings is 1. The largest absolute Gasteiger partial charge is 0.326 e. The second-order valence-electron chi connectivity index (χ2n) is 5.09. The minimum atomic E-state index is -0.0112. The summed E-state index contributed by atoms with van der Waals surface area (Å²) in [5.41, 5.74) is 9.09. The maximum absolute atomic E-state index is 12.8. The number of aromatic nitrogens is 2. The average molecular weight is 286 g/mol. The highest BCUT2D eigenvalue weighted by Gasteiger charge is 2.20. The molecule has 0 atom stereocenters. The smallest absolute Gasteiger partial charge is 0.261 e. The number of hydrogen-bond donors (Lipinski definition) is 1. The third kappa shape index (κ3) is 3.13. The molecule has 5 heteroatoms. The summed E-state index contributed by atoms with van der Waals surface area (Å²) >= 11 is 0. The van der Waals surface area contributed by atoms with Gasteiger partial charge in [0.15, 0.2) is 0 Å². The van der Waals surface area contributed by atoms with E-state index in [4.69, 9.17) is 5.73 Å². The minimum Gasteiger partial charge on any atom is -0.326 e. The van der Waals surface area contributed by atoms with Crippen LogP contribution in [0.4, 0.5) is 5.69 Å². The van der Waals surface area contributed by atoms with Crippen LogP contribution in [-0.4, -0.2) is 22.2 Å². The summed E-state index contributed by atoms with van der Waals surface area (Å²) in [6.07, 6.45) is 2.53. The number of rotatable bonds is 5. The van der Waals surface area contributed by atoms with E-state index in [9.17, 15) is 4.79 Å². The fraction of sp³-hybridized carbons (Fsp3) is 0.375. The molecule has 0 radical (unpaired) electrons. The van der Waals surface area contributed by atoms with Gasteiger partial charge < -0.3 is 10.6 Å². The molecule has 2 N–H and O–H groups in total. The van der Waals surface area contributed by atoms with Crippen molar-refractivity contribution in [3.63, 3.8) is 0 Å². The third-order valence-electron chi connectivity index (χ3n) is 3.64. The molecule has 0 aliphatic heterocycles. The summed E-state index contributed by atoms with van der Waals surface area (Å²) in [7, 11) is 1.84. The first-order valence-corrected chi connectivity index (χ1v) is 7.18. The van der Waals surface area contributed by atoms with Gasteiger partial charge in [-0.2, -0.15) is 5.10 Å². The Balaban J connectivity index is 2.33. The van der Waals surface area contributed by atoms with Crippen LogP contribution in [-0.2, 0) is 13.6 Å². The zero-order valence-corrected chi connectivity index (χ0v) is 12.8. The van der Waals surface area contributed by atoms with E-state index >= 15 is 0 Å². The van der Waals surface area contributed by atoms with Gasteiger partial charge in [0.1, 0.15) is 0 Å². The number of amides is 1. The Morgan fingerprint density at radius 1 is 1.33 bits per heavy atom. The van der Waals surface area contributed by atoms with E-state index in [1.54, 1.807) is 15.8 Å². The van der Waals surface area contributed by atoms with Gasteiger partial charge in [-0.25, -0.2) is 0 Å². The van der Waals surface area contributed by atoms with Gasteiger partial charge in [0.05, 0.1) is 11.8 Å². The molecule has 5 nitrogen and oxygen atoms in total. The van der Waals surface area contributed by atoms with Crippen LogP contribution < -0.4 is 10.6 Å². The van der Waals surface area contributed by atoms with E-state index in [0.717, 1.165) is 23.4 Å². The van der Waals surface area contributed by atoms with Gasteiger partial charge in [-0.15, -0.1) is 0 Å². The second kappa shape index (κ2) is 6.54. The summed E-state index contributed by atoms with van der Waals surface area (Å²) < 4.78 is 1.72. The molecular weight excluding hydrogens is 264 g/mol.